The fourth-order valence-corrected chi connectivity index (χ4v) is 0.442. The van der Waals surface area contributed by atoms with Gasteiger partial charge in [-0.3, -0.25) is 0 Å². The minimum atomic E-state index is 0.674. The molecule has 0 aliphatic heterocycles. The maximum absolute atomic E-state index is 4.15. The first-order valence-electron chi connectivity index (χ1n) is 3.92. The first kappa shape index (κ1) is 9.47. The van der Waals surface area contributed by atoms with Crippen molar-refractivity contribution < 1.29 is 0 Å². The Bertz CT molecular complexity index is 106. The molecule has 0 radical (unpaired) electrons. The van der Waals surface area contributed by atoms with E-state index >= 15 is 0 Å². The Morgan fingerprint density at radius 1 is 1.50 bits per heavy atom. The number of hydrogen-bond acceptors (Lipinski definition) is 2. The van der Waals surface area contributed by atoms with Crippen LogP contribution in [0.2, 0.25) is 0 Å². The van der Waals surface area contributed by atoms with Gasteiger partial charge in [-0.25, -0.2) is 0 Å². The van der Waals surface area contributed by atoms with Gasteiger partial charge in [-0.05, 0) is 19.3 Å². The van der Waals surface area contributed by atoms with Crippen LogP contribution < -0.4 is 5.43 Å². The van der Waals surface area contributed by atoms with Gasteiger partial charge in [0.05, 0.1) is 0 Å². The van der Waals surface area contributed by atoms with Gasteiger partial charge in [-0.15, -0.1) is 0 Å². The summed E-state index contributed by atoms with van der Waals surface area (Å²) in [5, 5.41) is 4.15. The van der Waals surface area contributed by atoms with Gasteiger partial charge in [0.25, 0.3) is 0 Å². The summed E-state index contributed by atoms with van der Waals surface area (Å²) in [6, 6.07) is 0. The molecule has 0 aromatic rings. The van der Waals surface area contributed by atoms with Crippen LogP contribution >= 0.6 is 0 Å². The van der Waals surface area contributed by atoms with Crippen LogP contribution in [0.25, 0.3) is 0 Å². The Morgan fingerprint density at radius 2 is 2.10 bits per heavy atom. The molecule has 2 heteroatoms. The molecule has 0 unspecified atom stereocenters. The zero-order valence-electron chi connectivity index (χ0n) is 7.44. The van der Waals surface area contributed by atoms with Gasteiger partial charge in [0.2, 0.25) is 0 Å². The number of nitrogens with one attached hydrogen (secondary N) is 1. The lowest BCUT2D eigenvalue weighted by Crippen LogP contribution is -2.14. The van der Waals surface area contributed by atoms with Crippen molar-refractivity contribution in [2.24, 2.45) is 11.0 Å². The highest BCUT2D eigenvalue weighted by atomic mass is 15.3. The molecule has 0 saturated carbocycles. The van der Waals surface area contributed by atoms with Crippen LogP contribution in [0.4, 0.5) is 0 Å². The molecule has 1 N–H and O–H groups in total. The van der Waals surface area contributed by atoms with Crippen molar-refractivity contribution in [2.45, 2.75) is 34.1 Å². The van der Waals surface area contributed by atoms with Crippen LogP contribution in [0, 0.1) is 5.92 Å². The molecule has 0 bridgehead atoms. The molecule has 0 rings (SSSR count). The summed E-state index contributed by atoms with van der Waals surface area (Å²) >= 11 is 0. The summed E-state index contributed by atoms with van der Waals surface area (Å²) in [4.78, 5) is 0. The predicted molar refractivity (Wildman–Crippen MR) is 46.2 cm³/mol. The van der Waals surface area contributed by atoms with E-state index < -0.39 is 0 Å². The van der Waals surface area contributed by atoms with Crippen LogP contribution in [-0.2, 0) is 0 Å². The molecule has 0 spiro atoms. The number of nitrogens with zero attached hydrogens (tertiary/aromatic N) is 1. The van der Waals surface area contributed by atoms with Crippen molar-refractivity contribution in [3.63, 3.8) is 0 Å². The topological polar surface area (TPSA) is 24.4 Å². The molecule has 0 atom stereocenters. The fourth-order valence-electron chi connectivity index (χ4n) is 0.442. The maximum atomic E-state index is 4.15. The van der Waals surface area contributed by atoms with Crippen molar-refractivity contribution in [2.75, 3.05) is 6.54 Å². The second kappa shape index (κ2) is 5.27. The second-order valence-electron chi connectivity index (χ2n) is 2.96. The van der Waals surface area contributed by atoms with Gasteiger partial charge in [-0.2, -0.15) is 5.10 Å². The van der Waals surface area contributed by atoms with E-state index in [0.717, 1.165) is 13.0 Å². The molecule has 10 heavy (non-hydrogen) atoms. The van der Waals surface area contributed by atoms with E-state index in [0.29, 0.717) is 5.92 Å². The SMILES string of the molecule is CC/C(C)=N/NCC(C)C. The van der Waals surface area contributed by atoms with E-state index in [1.54, 1.807) is 0 Å². The van der Waals surface area contributed by atoms with E-state index in [1.807, 2.05) is 6.92 Å². The van der Waals surface area contributed by atoms with Crippen molar-refractivity contribution in [1.82, 2.24) is 5.43 Å². The summed E-state index contributed by atoms with van der Waals surface area (Å²) in [5.74, 6) is 0.674. The molecule has 0 saturated heterocycles. The highest BCUT2D eigenvalue weighted by molar-refractivity contribution is 5.81. The Balaban J connectivity index is 3.34. The molecule has 0 fully saturated rings. The van der Waals surface area contributed by atoms with Crippen molar-refractivity contribution in [3.8, 4) is 0 Å². The minimum absolute atomic E-state index is 0.674. The molecule has 2 nitrogen and oxygen atoms in total. The average Bonchev–Trinajstić information content (AvgIpc) is 1.87. The monoisotopic (exact) mass is 142 g/mol. The van der Waals surface area contributed by atoms with E-state index in [4.69, 9.17) is 0 Å². The third-order valence-electron chi connectivity index (χ3n) is 1.28. The Kier molecular flexibility index (Phi) is 4.99. The average molecular weight is 142 g/mol. The smallest absolute Gasteiger partial charge is 0.0352 e. The van der Waals surface area contributed by atoms with Crippen LogP contribution in [0.1, 0.15) is 34.1 Å². The highest BCUT2D eigenvalue weighted by Crippen LogP contribution is 1.87. The summed E-state index contributed by atoms with van der Waals surface area (Å²) in [5.41, 5.74) is 4.19. The van der Waals surface area contributed by atoms with Gasteiger partial charge in [-0.1, -0.05) is 20.8 Å². The van der Waals surface area contributed by atoms with Crippen LogP contribution in [0.15, 0.2) is 5.10 Å². The maximum Gasteiger partial charge on any atom is 0.0352 e. The first-order valence-corrected chi connectivity index (χ1v) is 3.92. The van der Waals surface area contributed by atoms with Gasteiger partial charge < -0.3 is 5.43 Å². The summed E-state index contributed by atoms with van der Waals surface area (Å²) < 4.78 is 0. The molecular weight excluding hydrogens is 124 g/mol. The van der Waals surface area contributed by atoms with Gasteiger partial charge in [0.1, 0.15) is 0 Å². The molecule has 0 aliphatic rings. The third-order valence-corrected chi connectivity index (χ3v) is 1.28. The standard InChI is InChI=1S/C8H18N2/c1-5-8(4)10-9-6-7(2)3/h7,9H,5-6H2,1-4H3/b10-8+. The Morgan fingerprint density at radius 3 is 2.50 bits per heavy atom. The molecular formula is C8H18N2. The van der Waals surface area contributed by atoms with Crippen LogP contribution in [0.5, 0.6) is 0 Å². The molecule has 0 amide bonds. The van der Waals surface area contributed by atoms with E-state index in [2.05, 4.69) is 31.3 Å². The summed E-state index contributed by atoms with van der Waals surface area (Å²) in [7, 11) is 0. The lowest BCUT2D eigenvalue weighted by Gasteiger charge is -2.03. The molecule has 0 heterocycles. The third kappa shape index (κ3) is 5.60. The number of hydrogen-bond donors (Lipinski definition) is 1. The summed E-state index contributed by atoms with van der Waals surface area (Å²) in [6.07, 6.45) is 1.03. The van der Waals surface area contributed by atoms with E-state index in [1.165, 1.54) is 5.71 Å². The first-order chi connectivity index (χ1) is 4.66. The van der Waals surface area contributed by atoms with Gasteiger partial charge in [0.15, 0.2) is 0 Å². The number of hydrazone groups is 1. The molecule has 0 aromatic heterocycles. The minimum Gasteiger partial charge on any atom is -0.310 e. The highest BCUT2D eigenvalue weighted by Gasteiger charge is 1.89. The lowest BCUT2D eigenvalue weighted by atomic mass is 10.2. The van der Waals surface area contributed by atoms with Crippen molar-refractivity contribution in [1.29, 1.82) is 0 Å². The quantitative estimate of drug-likeness (QED) is 0.471. The summed E-state index contributed by atoms with van der Waals surface area (Å²) in [6.45, 7) is 9.45. The Hall–Kier alpha value is -0.530. The van der Waals surface area contributed by atoms with Gasteiger partial charge in [0, 0.05) is 12.3 Å². The predicted octanol–water partition coefficient (Wildman–Crippen LogP) is 2.02. The fraction of sp³-hybridized carbons (Fsp3) is 0.875. The lowest BCUT2D eigenvalue weighted by molar-refractivity contribution is 0.569. The van der Waals surface area contributed by atoms with Crippen LogP contribution in [0.3, 0.4) is 0 Å². The normalized spacial score (nSPS) is 12.3. The second-order valence-corrected chi connectivity index (χ2v) is 2.96. The van der Waals surface area contributed by atoms with Crippen molar-refractivity contribution in [3.05, 3.63) is 0 Å². The molecule has 0 aliphatic carbocycles. The van der Waals surface area contributed by atoms with Crippen LogP contribution in [-0.4, -0.2) is 12.3 Å². The molecule has 0 aromatic carbocycles. The molecule has 60 valence electrons. The Labute approximate surface area is 63.7 Å². The van der Waals surface area contributed by atoms with E-state index in [9.17, 15) is 0 Å². The number of rotatable bonds is 4. The van der Waals surface area contributed by atoms with Gasteiger partial charge >= 0.3 is 0 Å². The largest absolute Gasteiger partial charge is 0.310 e. The van der Waals surface area contributed by atoms with E-state index in [-0.39, 0.29) is 0 Å². The zero-order chi connectivity index (χ0) is 7.98. The zero-order valence-corrected chi connectivity index (χ0v) is 7.44. The van der Waals surface area contributed by atoms with Crippen molar-refractivity contribution >= 4 is 5.71 Å².